The Bertz CT molecular complexity index is 1200. The number of carbonyl (C=O) groups is 2. The van der Waals surface area contributed by atoms with Gasteiger partial charge in [0.2, 0.25) is 0 Å². The largest absolute Gasteiger partial charge is 0.467 e. The number of fused-ring (bicyclic) bond motifs is 1. The van der Waals surface area contributed by atoms with Crippen LogP contribution in [0.4, 0.5) is 10.5 Å². The highest BCUT2D eigenvalue weighted by Gasteiger charge is 2.24. The van der Waals surface area contributed by atoms with Gasteiger partial charge in [-0.05, 0) is 19.1 Å². The van der Waals surface area contributed by atoms with Crippen molar-refractivity contribution in [3.05, 3.63) is 65.1 Å². The van der Waals surface area contributed by atoms with Gasteiger partial charge in [0, 0.05) is 5.56 Å². The first-order chi connectivity index (χ1) is 14.6. The summed E-state index contributed by atoms with van der Waals surface area (Å²) >= 11 is 1.15. The quantitative estimate of drug-likeness (QED) is 0.463. The summed E-state index contributed by atoms with van der Waals surface area (Å²) in [5, 5.41) is 6.05. The van der Waals surface area contributed by atoms with Crippen LogP contribution in [-0.4, -0.2) is 29.1 Å². The molecule has 0 fully saturated rings. The van der Waals surface area contributed by atoms with Crippen LogP contribution in [0.25, 0.3) is 21.6 Å². The molecule has 9 heteroatoms. The fourth-order valence-electron chi connectivity index (χ4n) is 2.98. The van der Waals surface area contributed by atoms with Gasteiger partial charge < -0.3 is 19.8 Å². The van der Waals surface area contributed by atoms with E-state index in [-0.39, 0.29) is 11.4 Å². The van der Waals surface area contributed by atoms with Crippen LogP contribution in [0.5, 0.6) is 0 Å². The van der Waals surface area contributed by atoms with Crippen molar-refractivity contribution >= 4 is 39.2 Å². The molecule has 4 rings (SSSR count). The molecule has 0 saturated carbocycles. The van der Waals surface area contributed by atoms with E-state index in [2.05, 4.69) is 20.6 Å². The highest BCUT2D eigenvalue weighted by atomic mass is 32.1. The molecule has 8 nitrogen and oxygen atoms in total. The van der Waals surface area contributed by atoms with E-state index in [1.54, 1.807) is 12.1 Å². The van der Waals surface area contributed by atoms with Crippen LogP contribution in [0, 0.1) is 6.92 Å². The van der Waals surface area contributed by atoms with Gasteiger partial charge in [-0.25, -0.2) is 19.6 Å². The molecule has 4 aromatic rings. The molecule has 0 aliphatic rings. The lowest BCUT2D eigenvalue weighted by atomic mass is 10.2. The third-order valence-corrected chi connectivity index (χ3v) is 5.44. The third kappa shape index (κ3) is 3.87. The zero-order valence-electron chi connectivity index (χ0n) is 16.3. The minimum absolute atomic E-state index is 0.210. The van der Waals surface area contributed by atoms with Crippen LogP contribution >= 0.6 is 11.3 Å². The highest BCUT2D eigenvalue weighted by Crippen LogP contribution is 2.37. The second kappa shape index (κ2) is 8.34. The number of aromatic nitrogens is 2. The van der Waals surface area contributed by atoms with Gasteiger partial charge in [-0.1, -0.05) is 30.3 Å². The maximum atomic E-state index is 12.5. The number of urea groups is 1. The molecule has 2 N–H and O–H groups in total. The minimum atomic E-state index is -0.556. The summed E-state index contributed by atoms with van der Waals surface area (Å²) in [6.45, 7) is 2.03. The molecule has 0 aliphatic heterocycles. The number of methoxy groups -OCH3 is 1. The van der Waals surface area contributed by atoms with Crippen LogP contribution in [0.15, 0.2) is 53.1 Å². The lowest BCUT2D eigenvalue weighted by Gasteiger charge is -2.09. The molecule has 0 atom stereocenters. The maximum absolute atomic E-state index is 12.5. The number of benzene rings is 1. The Hall–Kier alpha value is -3.72. The van der Waals surface area contributed by atoms with Crippen LogP contribution < -0.4 is 10.6 Å². The normalized spacial score (nSPS) is 10.7. The van der Waals surface area contributed by atoms with E-state index < -0.39 is 12.0 Å². The zero-order valence-corrected chi connectivity index (χ0v) is 17.1. The molecule has 0 saturated heterocycles. The number of ether oxygens (including phenoxy) is 1. The molecule has 0 radical (unpaired) electrons. The van der Waals surface area contributed by atoms with Crippen molar-refractivity contribution in [2.45, 2.75) is 13.5 Å². The molecule has 0 bridgehead atoms. The number of nitrogens with zero attached hydrogens (tertiary/aromatic N) is 2. The number of aryl methyl sites for hydroxylation is 1. The Labute approximate surface area is 175 Å². The molecule has 152 valence electrons. The number of thiophene rings is 1. The summed E-state index contributed by atoms with van der Waals surface area (Å²) in [5.41, 5.74) is 1.84. The number of esters is 1. The first kappa shape index (κ1) is 19.6. The Morgan fingerprint density at radius 3 is 2.63 bits per heavy atom. The first-order valence-electron chi connectivity index (χ1n) is 9.09. The van der Waals surface area contributed by atoms with Gasteiger partial charge in [0.15, 0.2) is 5.82 Å². The van der Waals surface area contributed by atoms with Gasteiger partial charge in [0.25, 0.3) is 0 Å². The SMILES string of the molecule is COC(=O)c1sc2nc(-c3ccccc3)nc(C)c2c1NC(=O)NCc1ccco1. The molecule has 0 aliphatic carbocycles. The smallest absolute Gasteiger partial charge is 0.350 e. The van der Waals surface area contributed by atoms with Gasteiger partial charge in [0.05, 0.1) is 36.7 Å². The molecule has 0 spiro atoms. The molecule has 30 heavy (non-hydrogen) atoms. The topological polar surface area (TPSA) is 106 Å². The number of furan rings is 1. The van der Waals surface area contributed by atoms with E-state index in [0.717, 1.165) is 16.9 Å². The van der Waals surface area contributed by atoms with Gasteiger partial charge in [-0.2, -0.15) is 0 Å². The summed E-state index contributed by atoms with van der Waals surface area (Å²) in [4.78, 5) is 34.8. The van der Waals surface area contributed by atoms with Crippen LogP contribution in [0.1, 0.15) is 21.1 Å². The van der Waals surface area contributed by atoms with Crippen LogP contribution in [0.2, 0.25) is 0 Å². The minimum Gasteiger partial charge on any atom is -0.467 e. The molecule has 2 amide bonds. The number of anilines is 1. The summed E-state index contributed by atoms with van der Waals surface area (Å²) in [6.07, 6.45) is 1.53. The van der Waals surface area contributed by atoms with Crippen molar-refractivity contribution < 1.29 is 18.7 Å². The van der Waals surface area contributed by atoms with Crippen LogP contribution in [-0.2, 0) is 11.3 Å². The standard InChI is InChI=1S/C21H18N4O4S/c1-12-15-16(24-21(27)22-11-14-9-6-10-29-14)17(20(26)28-2)30-19(15)25-18(23-12)13-7-4-3-5-8-13/h3-10H,11H2,1-2H3,(H2,22,24,27). The van der Waals surface area contributed by atoms with E-state index in [1.807, 2.05) is 37.3 Å². The lowest BCUT2D eigenvalue weighted by molar-refractivity contribution is 0.0607. The second-order valence-electron chi connectivity index (χ2n) is 6.36. The molecule has 0 unspecified atom stereocenters. The Morgan fingerprint density at radius 1 is 1.13 bits per heavy atom. The predicted octanol–water partition coefficient (Wildman–Crippen LogP) is 4.37. The number of nitrogens with one attached hydrogen (secondary N) is 2. The Morgan fingerprint density at radius 2 is 1.93 bits per heavy atom. The summed E-state index contributed by atoms with van der Waals surface area (Å²) in [5.74, 6) is 0.604. The second-order valence-corrected chi connectivity index (χ2v) is 7.36. The van der Waals surface area contributed by atoms with Crippen molar-refractivity contribution in [2.75, 3.05) is 12.4 Å². The zero-order chi connectivity index (χ0) is 21.1. The molecule has 3 heterocycles. The number of hydrogen-bond donors (Lipinski definition) is 2. The van der Waals surface area contributed by atoms with Crippen molar-refractivity contribution in [3.8, 4) is 11.4 Å². The van der Waals surface area contributed by atoms with Crippen molar-refractivity contribution in [1.29, 1.82) is 0 Å². The van der Waals surface area contributed by atoms with Crippen molar-refractivity contribution in [1.82, 2.24) is 15.3 Å². The summed E-state index contributed by atoms with van der Waals surface area (Å²) in [7, 11) is 1.29. The Balaban J connectivity index is 1.71. The van der Waals surface area contributed by atoms with Crippen molar-refractivity contribution in [2.24, 2.45) is 0 Å². The number of amides is 2. The fraction of sp³-hybridized carbons (Fsp3) is 0.143. The van der Waals surface area contributed by atoms with E-state index in [4.69, 9.17) is 9.15 Å². The monoisotopic (exact) mass is 422 g/mol. The summed E-state index contributed by atoms with van der Waals surface area (Å²) in [6, 6.07) is 12.6. The van der Waals surface area contributed by atoms with Crippen LogP contribution in [0.3, 0.4) is 0 Å². The number of carbonyl (C=O) groups excluding carboxylic acids is 2. The molecular formula is C21H18N4O4S. The van der Waals surface area contributed by atoms with E-state index in [1.165, 1.54) is 13.4 Å². The number of hydrogen-bond acceptors (Lipinski definition) is 7. The van der Waals surface area contributed by atoms with E-state index in [0.29, 0.717) is 33.2 Å². The Kier molecular flexibility index (Phi) is 5.44. The maximum Gasteiger partial charge on any atom is 0.350 e. The van der Waals surface area contributed by atoms with Gasteiger partial charge in [-0.3, -0.25) is 0 Å². The predicted molar refractivity (Wildman–Crippen MR) is 113 cm³/mol. The summed E-state index contributed by atoms with van der Waals surface area (Å²) < 4.78 is 10.1. The number of rotatable bonds is 5. The highest BCUT2D eigenvalue weighted by molar-refractivity contribution is 7.21. The van der Waals surface area contributed by atoms with E-state index >= 15 is 0 Å². The fourth-order valence-corrected chi connectivity index (χ4v) is 4.08. The first-order valence-corrected chi connectivity index (χ1v) is 9.90. The van der Waals surface area contributed by atoms with E-state index in [9.17, 15) is 9.59 Å². The average Bonchev–Trinajstić information content (AvgIpc) is 3.40. The van der Waals surface area contributed by atoms with Gasteiger partial charge >= 0.3 is 12.0 Å². The molecular weight excluding hydrogens is 404 g/mol. The third-order valence-electron chi connectivity index (χ3n) is 4.38. The van der Waals surface area contributed by atoms with Gasteiger partial charge in [-0.15, -0.1) is 11.3 Å². The molecule has 1 aromatic carbocycles. The van der Waals surface area contributed by atoms with Gasteiger partial charge in [0.1, 0.15) is 15.5 Å². The average molecular weight is 422 g/mol. The lowest BCUT2D eigenvalue weighted by Crippen LogP contribution is -2.28. The molecule has 3 aromatic heterocycles. The van der Waals surface area contributed by atoms with Crippen molar-refractivity contribution in [3.63, 3.8) is 0 Å².